The summed E-state index contributed by atoms with van der Waals surface area (Å²) in [6, 6.07) is 11.8. The minimum Gasteiger partial charge on any atom is -0.466 e. The first kappa shape index (κ1) is 13.6. The van der Waals surface area contributed by atoms with Gasteiger partial charge in [0, 0.05) is 17.6 Å². The molecule has 2 aromatic rings. The van der Waals surface area contributed by atoms with Crippen LogP contribution in [0.2, 0.25) is 0 Å². The van der Waals surface area contributed by atoms with Gasteiger partial charge in [-0.05, 0) is 36.2 Å². The molecule has 1 aromatic heterocycles. The molecule has 0 bridgehead atoms. The van der Waals surface area contributed by atoms with Gasteiger partial charge in [-0.15, -0.1) is 0 Å². The number of nitrogens with zero attached hydrogens (tertiary/aromatic N) is 3. The van der Waals surface area contributed by atoms with E-state index in [0.29, 0.717) is 5.96 Å². The lowest BCUT2D eigenvalue weighted by Gasteiger charge is -2.31. The van der Waals surface area contributed by atoms with Crippen molar-refractivity contribution >= 4 is 27.7 Å². The first-order chi connectivity index (χ1) is 10.7. The number of rotatable bonds is 2. The maximum absolute atomic E-state index is 6.19. The summed E-state index contributed by atoms with van der Waals surface area (Å²) in [5.74, 6) is 2.08. The highest BCUT2D eigenvalue weighted by molar-refractivity contribution is 9.10. The van der Waals surface area contributed by atoms with Crippen LogP contribution >= 0.6 is 15.9 Å². The SMILES string of the molecule is NC1=N[C@](c2cccc(Br)c2)(c2ccco2)C2=NCCCN12. The Morgan fingerprint density at radius 2 is 2.18 bits per heavy atom. The Balaban J connectivity index is 2.00. The van der Waals surface area contributed by atoms with Crippen LogP contribution in [0.1, 0.15) is 17.7 Å². The van der Waals surface area contributed by atoms with Crippen LogP contribution in [0.5, 0.6) is 0 Å². The van der Waals surface area contributed by atoms with Crippen LogP contribution in [-0.4, -0.2) is 29.8 Å². The van der Waals surface area contributed by atoms with Gasteiger partial charge in [-0.3, -0.25) is 9.89 Å². The Morgan fingerprint density at radius 1 is 1.27 bits per heavy atom. The normalized spacial score (nSPS) is 24.0. The van der Waals surface area contributed by atoms with E-state index in [1.54, 1.807) is 6.26 Å². The highest BCUT2D eigenvalue weighted by Crippen LogP contribution is 2.42. The third kappa shape index (κ3) is 1.83. The van der Waals surface area contributed by atoms with Crippen molar-refractivity contribution in [2.45, 2.75) is 12.0 Å². The van der Waals surface area contributed by atoms with Crippen LogP contribution in [0.15, 0.2) is 61.5 Å². The fraction of sp³-hybridized carbons (Fsp3) is 0.250. The van der Waals surface area contributed by atoms with Gasteiger partial charge in [0.2, 0.25) is 5.54 Å². The second-order valence-corrected chi connectivity index (χ2v) is 6.29. The molecule has 22 heavy (non-hydrogen) atoms. The average Bonchev–Trinajstić information content (AvgIpc) is 3.15. The van der Waals surface area contributed by atoms with Crippen LogP contribution in [0.3, 0.4) is 0 Å². The monoisotopic (exact) mass is 358 g/mol. The molecule has 4 rings (SSSR count). The van der Waals surface area contributed by atoms with Crippen LogP contribution in [-0.2, 0) is 5.54 Å². The average molecular weight is 359 g/mol. The van der Waals surface area contributed by atoms with Gasteiger partial charge in [-0.2, -0.15) is 0 Å². The molecule has 3 heterocycles. The van der Waals surface area contributed by atoms with Crippen LogP contribution in [0.4, 0.5) is 0 Å². The number of benzene rings is 1. The second-order valence-electron chi connectivity index (χ2n) is 5.38. The molecule has 0 amide bonds. The number of amidine groups is 1. The summed E-state index contributed by atoms with van der Waals surface area (Å²) in [6.07, 6.45) is 2.64. The number of hydrogen-bond acceptors (Lipinski definition) is 5. The topological polar surface area (TPSA) is 67.1 Å². The van der Waals surface area contributed by atoms with Crippen molar-refractivity contribution in [2.24, 2.45) is 15.7 Å². The predicted octanol–water partition coefficient (Wildman–Crippen LogP) is 2.72. The van der Waals surface area contributed by atoms with E-state index < -0.39 is 5.54 Å². The standard InChI is InChI=1S/C16H15BrN4O/c17-12-5-1-4-11(10-12)16(13-6-2-9-22-13)14-19-7-3-8-21(14)15(18)20-16/h1-2,4-6,9-10H,3,7-8H2,(H2,18,20)/t16-/m1/s1. The molecule has 0 unspecified atom stereocenters. The molecular weight excluding hydrogens is 344 g/mol. The minimum atomic E-state index is -0.794. The van der Waals surface area contributed by atoms with Gasteiger partial charge in [0.1, 0.15) is 11.6 Å². The van der Waals surface area contributed by atoms with E-state index in [9.17, 15) is 0 Å². The Bertz CT molecular complexity index is 768. The maximum atomic E-state index is 6.19. The highest BCUT2D eigenvalue weighted by atomic mass is 79.9. The number of guanidine groups is 1. The molecule has 1 atom stereocenters. The van der Waals surface area contributed by atoms with E-state index in [1.807, 2.05) is 41.3 Å². The number of aliphatic imine (C=N–C) groups is 2. The summed E-state index contributed by atoms with van der Waals surface area (Å²) >= 11 is 3.54. The Labute approximate surface area is 136 Å². The maximum Gasteiger partial charge on any atom is 0.204 e. The Hall–Kier alpha value is -2.08. The Kier molecular flexibility index (Phi) is 3.07. The van der Waals surface area contributed by atoms with Gasteiger partial charge in [0.05, 0.1) is 6.26 Å². The lowest BCUT2D eigenvalue weighted by Crippen LogP contribution is -2.46. The molecular formula is C16H15BrN4O. The summed E-state index contributed by atoms with van der Waals surface area (Å²) in [5, 5.41) is 0. The third-order valence-electron chi connectivity index (χ3n) is 4.06. The first-order valence-electron chi connectivity index (χ1n) is 7.19. The first-order valence-corrected chi connectivity index (χ1v) is 7.99. The predicted molar refractivity (Wildman–Crippen MR) is 88.9 cm³/mol. The molecule has 2 aliphatic rings. The molecule has 5 nitrogen and oxygen atoms in total. The molecule has 0 saturated heterocycles. The third-order valence-corrected chi connectivity index (χ3v) is 4.55. The summed E-state index contributed by atoms with van der Waals surface area (Å²) in [5.41, 5.74) is 6.38. The lowest BCUT2D eigenvalue weighted by atomic mass is 9.86. The second kappa shape index (κ2) is 4.98. The number of halogens is 1. The quantitative estimate of drug-likeness (QED) is 0.897. The summed E-state index contributed by atoms with van der Waals surface area (Å²) in [7, 11) is 0. The van der Waals surface area contributed by atoms with Crippen molar-refractivity contribution < 1.29 is 4.42 Å². The molecule has 0 spiro atoms. The molecule has 0 aliphatic carbocycles. The van der Waals surface area contributed by atoms with Crippen molar-refractivity contribution in [3.8, 4) is 0 Å². The minimum absolute atomic E-state index is 0.495. The van der Waals surface area contributed by atoms with E-state index >= 15 is 0 Å². The summed E-state index contributed by atoms with van der Waals surface area (Å²) in [4.78, 5) is 11.5. The van der Waals surface area contributed by atoms with Crippen molar-refractivity contribution in [2.75, 3.05) is 13.1 Å². The molecule has 112 valence electrons. The van der Waals surface area contributed by atoms with Crippen LogP contribution < -0.4 is 5.73 Å². The molecule has 0 fully saturated rings. The zero-order valence-corrected chi connectivity index (χ0v) is 13.5. The molecule has 0 saturated carbocycles. The zero-order chi connectivity index (χ0) is 15.2. The fourth-order valence-electron chi connectivity index (χ4n) is 3.12. The van der Waals surface area contributed by atoms with E-state index in [2.05, 4.69) is 15.9 Å². The number of hydrogen-bond donors (Lipinski definition) is 1. The van der Waals surface area contributed by atoms with Gasteiger partial charge in [-0.1, -0.05) is 28.1 Å². The number of fused-ring (bicyclic) bond motifs is 1. The van der Waals surface area contributed by atoms with E-state index in [0.717, 1.165) is 41.1 Å². The molecule has 1 aromatic carbocycles. The van der Waals surface area contributed by atoms with Gasteiger partial charge in [-0.25, -0.2) is 4.99 Å². The van der Waals surface area contributed by atoms with Crippen molar-refractivity contribution in [3.05, 3.63) is 58.5 Å². The molecule has 2 aliphatic heterocycles. The number of furan rings is 1. The molecule has 0 radical (unpaired) electrons. The lowest BCUT2D eigenvalue weighted by molar-refractivity contribution is 0.446. The molecule has 6 heteroatoms. The van der Waals surface area contributed by atoms with Crippen molar-refractivity contribution in [1.29, 1.82) is 0 Å². The summed E-state index contributed by atoms with van der Waals surface area (Å²) < 4.78 is 6.71. The molecule has 2 N–H and O–H groups in total. The van der Waals surface area contributed by atoms with Gasteiger partial charge in [0.25, 0.3) is 0 Å². The van der Waals surface area contributed by atoms with Gasteiger partial charge < -0.3 is 10.2 Å². The summed E-state index contributed by atoms with van der Waals surface area (Å²) in [6.45, 7) is 1.62. The van der Waals surface area contributed by atoms with Crippen LogP contribution in [0, 0.1) is 0 Å². The van der Waals surface area contributed by atoms with E-state index in [1.165, 1.54) is 0 Å². The van der Waals surface area contributed by atoms with Gasteiger partial charge in [0.15, 0.2) is 5.96 Å². The van der Waals surface area contributed by atoms with Crippen molar-refractivity contribution in [3.63, 3.8) is 0 Å². The fourth-order valence-corrected chi connectivity index (χ4v) is 3.52. The zero-order valence-electron chi connectivity index (χ0n) is 11.9. The van der Waals surface area contributed by atoms with Gasteiger partial charge >= 0.3 is 0 Å². The van der Waals surface area contributed by atoms with E-state index in [4.69, 9.17) is 20.1 Å². The van der Waals surface area contributed by atoms with Crippen LogP contribution in [0.25, 0.3) is 0 Å². The Morgan fingerprint density at radius 3 is 2.95 bits per heavy atom. The van der Waals surface area contributed by atoms with E-state index in [-0.39, 0.29) is 0 Å². The highest BCUT2D eigenvalue weighted by Gasteiger charge is 2.51. The largest absolute Gasteiger partial charge is 0.466 e. The van der Waals surface area contributed by atoms with Crippen molar-refractivity contribution in [1.82, 2.24) is 4.90 Å². The number of nitrogens with two attached hydrogens (primary N) is 1. The smallest absolute Gasteiger partial charge is 0.204 e.